The Balaban J connectivity index is 1.39. The van der Waals surface area contributed by atoms with Crippen LogP contribution in [0.4, 0.5) is 0 Å². The molecular weight excluding hydrogens is 452 g/mol. The highest BCUT2D eigenvalue weighted by Crippen LogP contribution is 2.31. The van der Waals surface area contributed by atoms with E-state index in [1.807, 2.05) is 19.9 Å². The molecule has 1 aliphatic heterocycles. The monoisotopic (exact) mass is 478 g/mol. The van der Waals surface area contributed by atoms with E-state index in [1.165, 1.54) is 11.3 Å². The highest BCUT2D eigenvalue weighted by molar-refractivity contribution is 7.89. The van der Waals surface area contributed by atoms with Crippen molar-refractivity contribution in [3.63, 3.8) is 0 Å². The van der Waals surface area contributed by atoms with Gasteiger partial charge >= 0.3 is 0 Å². The second-order valence-corrected chi connectivity index (χ2v) is 10.9. The van der Waals surface area contributed by atoms with E-state index in [-0.39, 0.29) is 0 Å². The molecule has 1 fully saturated rings. The minimum Gasteiger partial charge on any atom is -0.493 e. The maximum atomic E-state index is 13.0. The Morgan fingerprint density at radius 1 is 1.06 bits per heavy atom. The molecule has 0 aliphatic carbocycles. The molecule has 0 spiro atoms. The maximum absolute atomic E-state index is 13.0. The molecule has 0 amide bonds. The molecule has 0 atom stereocenters. The van der Waals surface area contributed by atoms with Crippen LogP contribution in [0.3, 0.4) is 0 Å². The van der Waals surface area contributed by atoms with E-state index >= 15 is 0 Å². The van der Waals surface area contributed by atoms with Crippen molar-refractivity contribution in [1.29, 1.82) is 0 Å². The first-order chi connectivity index (χ1) is 15.3. The van der Waals surface area contributed by atoms with E-state index < -0.39 is 10.0 Å². The number of methoxy groups -OCH3 is 2. The molecule has 172 valence electrons. The molecule has 4 rings (SSSR count). The lowest BCUT2D eigenvalue weighted by atomic mass is 10.2. The molecule has 3 heterocycles. The molecule has 3 aromatic rings. The van der Waals surface area contributed by atoms with Crippen molar-refractivity contribution in [2.45, 2.75) is 25.3 Å². The number of aromatic nitrogens is 2. The van der Waals surface area contributed by atoms with Crippen LogP contribution in [0.15, 0.2) is 33.7 Å². The minimum absolute atomic E-state index is 0.421. The van der Waals surface area contributed by atoms with Crippen molar-refractivity contribution in [3.05, 3.63) is 39.9 Å². The summed E-state index contributed by atoms with van der Waals surface area (Å²) in [5, 5.41) is 4.07. The number of rotatable bonds is 7. The topological polar surface area (TPSA) is 98.0 Å². The van der Waals surface area contributed by atoms with Gasteiger partial charge in [0.15, 0.2) is 11.5 Å². The number of hydrogen-bond acceptors (Lipinski definition) is 9. The van der Waals surface area contributed by atoms with E-state index in [9.17, 15) is 8.42 Å². The van der Waals surface area contributed by atoms with Gasteiger partial charge in [0, 0.05) is 41.5 Å². The Bertz CT molecular complexity index is 1200. The molecule has 1 aromatic carbocycles. The van der Waals surface area contributed by atoms with Crippen molar-refractivity contribution in [2.75, 3.05) is 40.4 Å². The number of hydrogen-bond donors (Lipinski definition) is 0. The number of benzene rings is 1. The fourth-order valence-electron chi connectivity index (χ4n) is 3.73. The summed E-state index contributed by atoms with van der Waals surface area (Å²) in [5.41, 5.74) is 0.759. The average molecular weight is 479 g/mol. The van der Waals surface area contributed by atoms with Crippen LogP contribution >= 0.6 is 11.3 Å². The summed E-state index contributed by atoms with van der Waals surface area (Å²) in [6.07, 6.45) is 0. The van der Waals surface area contributed by atoms with E-state index in [1.54, 1.807) is 36.7 Å². The van der Waals surface area contributed by atoms with Gasteiger partial charge in [0.1, 0.15) is 0 Å². The molecule has 0 saturated carbocycles. The van der Waals surface area contributed by atoms with Crippen molar-refractivity contribution in [3.8, 4) is 22.9 Å². The average Bonchev–Trinajstić information content (AvgIpc) is 3.39. The number of ether oxygens (including phenoxy) is 2. The minimum atomic E-state index is -3.47. The van der Waals surface area contributed by atoms with Crippen LogP contribution in [0, 0.1) is 13.8 Å². The molecule has 1 saturated heterocycles. The molecule has 0 radical (unpaired) electrons. The van der Waals surface area contributed by atoms with Crippen LogP contribution < -0.4 is 9.47 Å². The van der Waals surface area contributed by atoms with Gasteiger partial charge in [0.05, 0.1) is 25.7 Å². The van der Waals surface area contributed by atoms with Gasteiger partial charge in [0.2, 0.25) is 21.7 Å². The zero-order valence-electron chi connectivity index (χ0n) is 18.5. The summed E-state index contributed by atoms with van der Waals surface area (Å²) in [5.74, 6) is 2.16. The van der Waals surface area contributed by atoms with Gasteiger partial charge in [-0.2, -0.15) is 9.29 Å². The molecule has 9 nitrogen and oxygen atoms in total. The third-order valence-electron chi connectivity index (χ3n) is 5.41. The number of nitrogens with zero attached hydrogens (tertiary/aromatic N) is 4. The van der Waals surface area contributed by atoms with Crippen LogP contribution in [0.25, 0.3) is 11.4 Å². The predicted octanol–water partition coefficient (Wildman–Crippen LogP) is 2.94. The molecule has 11 heteroatoms. The van der Waals surface area contributed by atoms with Crippen LogP contribution in [0.5, 0.6) is 11.5 Å². The molecular formula is C21H26N4O5S2. The first kappa shape index (κ1) is 22.7. The Morgan fingerprint density at radius 3 is 2.41 bits per heavy atom. The van der Waals surface area contributed by atoms with E-state index in [0.717, 1.165) is 15.3 Å². The van der Waals surface area contributed by atoms with Gasteiger partial charge in [-0.05, 0) is 38.1 Å². The highest BCUT2D eigenvalue weighted by Gasteiger charge is 2.31. The summed E-state index contributed by atoms with van der Waals surface area (Å²) in [7, 11) is -0.315. The third-order valence-corrected chi connectivity index (χ3v) is 8.53. The van der Waals surface area contributed by atoms with Gasteiger partial charge in [-0.3, -0.25) is 4.90 Å². The van der Waals surface area contributed by atoms with E-state index in [0.29, 0.717) is 60.8 Å². The zero-order valence-corrected chi connectivity index (χ0v) is 20.1. The van der Waals surface area contributed by atoms with Crippen LogP contribution in [0.2, 0.25) is 0 Å². The van der Waals surface area contributed by atoms with Gasteiger partial charge in [-0.15, -0.1) is 11.3 Å². The molecule has 0 unspecified atom stereocenters. The van der Waals surface area contributed by atoms with E-state index in [2.05, 4.69) is 15.0 Å². The molecule has 2 aromatic heterocycles. The van der Waals surface area contributed by atoms with Crippen molar-refractivity contribution >= 4 is 21.4 Å². The quantitative estimate of drug-likeness (QED) is 0.511. The van der Waals surface area contributed by atoms with Crippen molar-refractivity contribution < 1.29 is 22.4 Å². The lowest BCUT2D eigenvalue weighted by Crippen LogP contribution is -2.48. The summed E-state index contributed by atoms with van der Waals surface area (Å²) < 4.78 is 43.6. The Morgan fingerprint density at radius 2 is 1.78 bits per heavy atom. The highest BCUT2D eigenvalue weighted by atomic mass is 32.2. The van der Waals surface area contributed by atoms with Crippen molar-refractivity contribution in [2.24, 2.45) is 0 Å². The lowest BCUT2D eigenvalue weighted by molar-refractivity contribution is 0.163. The van der Waals surface area contributed by atoms with Gasteiger partial charge < -0.3 is 14.0 Å². The summed E-state index contributed by atoms with van der Waals surface area (Å²) in [6, 6.07) is 7.19. The predicted molar refractivity (Wildman–Crippen MR) is 121 cm³/mol. The first-order valence-corrected chi connectivity index (χ1v) is 12.4. The summed E-state index contributed by atoms with van der Waals surface area (Å²) in [4.78, 5) is 8.86. The lowest BCUT2D eigenvalue weighted by Gasteiger charge is -2.33. The van der Waals surface area contributed by atoms with Crippen LogP contribution in [-0.4, -0.2) is 68.2 Å². The fraction of sp³-hybridized carbons (Fsp3) is 0.429. The van der Waals surface area contributed by atoms with Gasteiger partial charge in [-0.25, -0.2) is 8.42 Å². The maximum Gasteiger partial charge on any atom is 0.244 e. The summed E-state index contributed by atoms with van der Waals surface area (Å²) in [6.45, 7) is 6.28. The molecule has 0 bridgehead atoms. The number of piperazine rings is 1. The number of sulfonamides is 1. The normalized spacial score (nSPS) is 15.8. The summed E-state index contributed by atoms with van der Waals surface area (Å²) >= 11 is 1.51. The standard InChI is InChI=1S/C21H26N4O5S2/c1-14-11-19(15(2)31-14)32(26,27)25-9-7-24(8-10-25)13-20-22-21(23-30-20)16-5-6-17(28-3)18(12-16)29-4/h5-6,11-12H,7-10,13H2,1-4H3. The fourth-order valence-corrected chi connectivity index (χ4v) is 6.68. The Hall–Kier alpha value is -2.47. The smallest absolute Gasteiger partial charge is 0.244 e. The number of aryl methyl sites for hydroxylation is 2. The second-order valence-electron chi connectivity index (χ2n) is 7.54. The molecule has 1 aliphatic rings. The number of thiophene rings is 1. The van der Waals surface area contributed by atoms with Gasteiger partial charge in [-0.1, -0.05) is 5.16 Å². The molecule has 32 heavy (non-hydrogen) atoms. The molecule has 0 N–H and O–H groups in total. The largest absolute Gasteiger partial charge is 0.493 e. The Labute approximate surface area is 191 Å². The second kappa shape index (κ2) is 9.18. The third kappa shape index (κ3) is 4.51. The van der Waals surface area contributed by atoms with Crippen LogP contribution in [-0.2, 0) is 16.6 Å². The SMILES string of the molecule is COc1ccc(-c2noc(CN3CCN(S(=O)(=O)c4cc(C)sc4C)CC3)n2)cc1OC. The van der Waals surface area contributed by atoms with Gasteiger partial charge in [0.25, 0.3) is 0 Å². The zero-order chi connectivity index (χ0) is 22.9. The Kier molecular flexibility index (Phi) is 6.52. The first-order valence-electron chi connectivity index (χ1n) is 10.2. The van der Waals surface area contributed by atoms with E-state index in [4.69, 9.17) is 14.0 Å². The van der Waals surface area contributed by atoms with Crippen molar-refractivity contribution in [1.82, 2.24) is 19.3 Å². The van der Waals surface area contributed by atoms with Crippen LogP contribution in [0.1, 0.15) is 15.6 Å².